The maximum atomic E-state index is 12.5. The smallest absolute Gasteiger partial charge is 0.258 e. The zero-order chi connectivity index (χ0) is 19.4. The first-order valence-electron chi connectivity index (χ1n) is 8.25. The van der Waals surface area contributed by atoms with E-state index in [1.54, 1.807) is 19.1 Å². The first kappa shape index (κ1) is 19.5. The molecule has 3 rings (SSSR count). The number of amides is 1. The molecule has 4 nitrogen and oxygen atoms in total. The van der Waals surface area contributed by atoms with Crippen LogP contribution in [0.1, 0.15) is 37.7 Å². The summed E-state index contributed by atoms with van der Waals surface area (Å²) in [6.07, 6.45) is 1.06. The van der Waals surface area contributed by atoms with Gasteiger partial charge in [-0.25, -0.2) is 4.98 Å². The van der Waals surface area contributed by atoms with E-state index in [1.165, 1.54) is 17.4 Å². The Balaban J connectivity index is 1.68. The van der Waals surface area contributed by atoms with Crippen LogP contribution >= 0.6 is 34.5 Å². The summed E-state index contributed by atoms with van der Waals surface area (Å²) in [6, 6.07) is 14.5. The van der Waals surface area contributed by atoms with Crippen molar-refractivity contribution in [3.05, 3.63) is 80.3 Å². The van der Waals surface area contributed by atoms with Gasteiger partial charge in [0.15, 0.2) is 10.9 Å². The standard InChI is InChI=1S/C20H16Cl2N2O2S/c1-12-18(17(25)10-7-13-5-3-2-4-6-13)27-20(23-12)24-19(26)15-9-8-14(21)11-16(15)22/h2-6,8-9,11H,7,10H2,1H3,(H,23,24,26). The Morgan fingerprint density at radius 1 is 1.11 bits per heavy atom. The van der Waals surface area contributed by atoms with Gasteiger partial charge in [-0.2, -0.15) is 0 Å². The monoisotopic (exact) mass is 418 g/mol. The molecule has 0 unspecified atom stereocenters. The van der Waals surface area contributed by atoms with Crippen molar-refractivity contribution in [3.8, 4) is 0 Å². The number of nitrogens with zero attached hydrogens (tertiary/aromatic N) is 1. The number of carbonyl (C=O) groups is 2. The lowest BCUT2D eigenvalue weighted by molar-refractivity contribution is 0.0984. The number of halogens is 2. The number of aromatic nitrogens is 1. The first-order valence-corrected chi connectivity index (χ1v) is 9.82. The lowest BCUT2D eigenvalue weighted by Gasteiger charge is -2.04. The molecule has 7 heteroatoms. The molecule has 27 heavy (non-hydrogen) atoms. The highest BCUT2D eigenvalue weighted by Gasteiger charge is 2.18. The van der Waals surface area contributed by atoms with E-state index in [9.17, 15) is 9.59 Å². The second kappa shape index (κ2) is 8.65. The SMILES string of the molecule is Cc1nc(NC(=O)c2ccc(Cl)cc2Cl)sc1C(=O)CCc1ccccc1. The summed E-state index contributed by atoms with van der Waals surface area (Å²) in [5, 5.41) is 3.77. The van der Waals surface area contributed by atoms with Gasteiger partial charge in [0.2, 0.25) is 0 Å². The number of aryl methyl sites for hydroxylation is 2. The molecule has 1 heterocycles. The molecule has 0 aliphatic heterocycles. The molecule has 1 aromatic heterocycles. The van der Waals surface area contributed by atoms with Crippen LogP contribution in [-0.4, -0.2) is 16.7 Å². The number of hydrogen-bond acceptors (Lipinski definition) is 4. The number of thiazole rings is 1. The van der Waals surface area contributed by atoms with E-state index in [0.717, 1.165) is 5.56 Å². The zero-order valence-corrected chi connectivity index (χ0v) is 16.8. The van der Waals surface area contributed by atoms with Crippen molar-refractivity contribution < 1.29 is 9.59 Å². The highest BCUT2D eigenvalue weighted by atomic mass is 35.5. The Bertz CT molecular complexity index is 987. The number of carbonyl (C=O) groups excluding carboxylic acids is 2. The van der Waals surface area contributed by atoms with Crippen LogP contribution in [0.4, 0.5) is 5.13 Å². The van der Waals surface area contributed by atoms with Crippen molar-refractivity contribution in [2.24, 2.45) is 0 Å². The van der Waals surface area contributed by atoms with E-state index in [4.69, 9.17) is 23.2 Å². The van der Waals surface area contributed by atoms with E-state index in [0.29, 0.717) is 39.1 Å². The topological polar surface area (TPSA) is 59.1 Å². The van der Waals surface area contributed by atoms with Crippen molar-refractivity contribution >= 4 is 51.4 Å². The molecule has 0 saturated heterocycles. The fourth-order valence-corrected chi connectivity index (χ4v) is 3.99. The van der Waals surface area contributed by atoms with Crippen molar-refractivity contribution in [2.45, 2.75) is 19.8 Å². The van der Waals surface area contributed by atoms with Crippen LogP contribution in [0.3, 0.4) is 0 Å². The maximum Gasteiger partial charge on any atom is 0.258 e. The number of anilines is 1. The maximum absolute atomic E-state index is 12.5. The molecule has 1 amide bonds. The lowest BCUT2D eigenvalue weighted by Crippen LogP contribution is -2.12. The fourth-order valence-electron chi connectivity index (χ4n) is 2.56. The molecule has 0 atom stereocenters. The zero-order valence-electron chi connectivity index (χ0n) is 14.5. The second-order valence-electron chi connectivity index (χ2n) is 5.92. The van der Waals surface area contributed by atoms with E-state index in [2.05, 4.69) is 10.3 Å². The Labute approximate surface area is 171 Å². The highest BCUT2D eigenvalue weighted by molar-refractivity contribution is 7.17. The van der Waals surface area contributed by atoms with Gasteiger partial charge in [0.1, 0.15) is 0 Å². The molecule has 138 valence electrons. The average molecular weight is 419 g/mol. The normalized spacial score (nSPS) is 10.6. The van der Waals surface area contributed by atoms with Crippen molar-refractivity contribution in [3.63, 3.8) is 0 Å². The predicted octanol–water partition coefficient (Wildman–Crippen LogP) is 5.83. The van der Waals surface area contributed by atoms with Crippen LogP contribution in [0.2, 0.25) is 10.0 Å². The highest BCUT2D eigenvalue weighted by Crippen LogP contribution is 2.27. The van der Waals surface area contributed by atoms with Crippen molar-refractivity contribution in [2.75, 3.05) is 5.32 Å². The fraction of sp³-hybridized carbons (Fsp3) is 0.150. The predicted molar refractivity (Wildman–Crippen MR) is 110 cm³/mol. The van der Waals surface area contributed by atoms with Gasteiger partial charge in [0.05, 0.1) is 21.2 Å². The van der Waals surface area contributed by atoms with E-state index in [1.807, 2.05) is 30.3 Å². The molecule has 0 bridgehead atoms. The molecule has 0 spiro atoms. The minimum atomic E-state index is -0.395. The summed E-state index contributed by atoms with van der Waals surface area (Å²) in [5.41, 5.74) is 2.01. The van der Waals surface area contributed by atoms with E-state index >= 15 is 0 Å². The number of ketones is 1. The van der Waals surface area contributed by atoms with Crippen LogP contribution in [0.5, 0.6) is 0 Å². The summed E-state index contributed by atoms with van der Waals surface area (Å²) in [7, 11) is 0. The summed E-state index contributed by atoms with van der Waals surface area (Å²) in [6.45, 7) is 1.76. The summed E-state index contributed by atoms with van der Waals surface area (Å²) < 4.78 is 0. The molecule has 0 radical (unpaired) electrons. The molecule has 0 fully saturated rings. The van der Waals surface area contributed by atoms with Gasteiger partial charge in [-0.3, -0.25) is 14.9 Å². The minimum absolute atomic E-state index is 0.0128. The Hall–Kier alpha value is -2.21. The van der Waals surface area contributed by atoms with Crippen molar-refractivity contribution in [1.29, 1.82) is 0 Å². The van der Waals surface area contributed by atoms with Gasteiger partial charge in [0.25, 0.3) is 5.91 Å². The minimum Gasteiger partial charge on any atom is -0.298 e. The Morgan fingerprint density at radius 3 is 2.56 bits per heavy atom. The molecule has 2 aromatic carbocycles. The molecule has 0 aliphatic carbocycles. The van der Waals surface area contributed by atoms with Crippen LogP contribution in [0.25, 0.3) is 0 Å². The third-order valence-corrected chi connectivity index (χ3v) is 5.59. The third-order valence-electron chi connectivity index (χ3n) is 3.93. The van der Waals surface area contributed by atoms with Gasteiger partial charge < -0.3 is 0 Å². The lowest BCUT2D eigenvalue weighted by atomic mass is 10.1. The van der Waals surface area contributed by atoms with Gasteiger partial charge in [-0.15, -0.1) is 0 Å². The molecular weight excluding hydrogens is 403 g/mol. The quantitative estimate of drug-likeness (QED) is 0.512. The van der Waals surface area contributed by atoms with Gasteiger partial charge in [0, 0.05) is 11.4 Å². The van der Waals surface area contributed by atoms with Gasteiger partial charge in [-0.05, 0) is 37.1 Å². The molecule has 3 aromatic rings. The molecule has 1 N–H and O–H groups in total. The average Bonchev–Trinajstić information content (AvgIpc) is 3.00. The largest absolute Gasteiger partial charge is 0.298 e. The van der Waals surface area contributed by atoms with Crippen LogP contribution in [0, 0.1) is 6.92 Å². The summed E-state index contributed by atoms with van der Waals surface area (Å²) in [4.78, 5) is 29.8. The molecular formula is C20H16Cl2N2O2S. The molecule has 0 aliphatic rings. The molecule has 0 saturated carbocycles. The van der Waals surface area contributed by atoms with Gasteiger partial charge in [-0.1, -0.05) is 64.9 Å². The number of Topliss-reactive ketones (excluding diaryl/α,β-unsaturated/α-hetero) is 1. The van der Waals surface area contributed by atoms with Crippen LogP contribution in [0.15, 0.2) is 48.5 Å². The third kappa shape index (κ3) is 4.95. The van der Waals surface area contributed by atoms with E-state index < -0.39 is 5.91 Å². The number of hydrogen-bond donors (Lipinski definition) is 1. The summed E-state index contributed by atoms with van der Waals surface area (Å²) >= 11 is 13.1. The van der Waals surface area contributed by atoms with Crippen molar-refractivity contribution in [1.82, 2.24) is 4.98 Å². The summed E-state index contributed by atoms with van der Waals surface area (Å²) in [5.74, 6) is -0.382. The Kier molecular flexibility index (Phi) is 6.26. The van der Waals surface area contributed by atoms with Crippen LogP contribution in [-0.2, 0) is 6.42 Å². The second-order valence-corrected chi connectivity index (χ2v) is 7.76. The van der Waals surface area contributed by atoms with Crippen LogP contribution < -0.4 is 5.32 Å². The first-order chi connectivity index (χ1) is 12.9. The van der Waals surface area contributed by atoms with Gasteiger partial charge >= 0.3 is 0 Å². The number of rotatable bonds is 6. The van der Waals surface area contributed by atoms with E-state index in [-0.39, 0.29) is 10.8 Å². The number of benzene rings is 2. The Morgan fingerprint density at radius 2 is 1.85 bits per heavy atom. The number of nitrogens with one attached hydrogen (secondary N) is 1.